The summed E-state index contributed by atoms with van der Waals surface area (Å²) >= 11 is 3.23. The van der Waals surface area contributed by atoms with Crippen molar-refractivity contribution in [2.24, 2.45) is 0 Å². The van der Waals surface area contributed by atoms with Gasteiger partial charge in [0, 0.05) is 3.57 Å². The van der Waals surface area contributed by atoms with E-state index in [0.29, 0.717) is 10.4 Å². The summed E-state index contributed by atoms with van der Waals surface area (Å²) in [6.07, 6.45) is 0. The number of esters is 1. The monoisotopic (exact) mass is 415 g/mol. The molecule has 0 aliphatic carbocycles. The number of thiophene rings is 1. The Morgan fingerprint density at radius 3 is 2.57 bits per heavy atom. The van der Waals surface area contributed by atoms with Crippen LogP contribution in [0.5, 0.6) is 0 Å². The molecule has 1 heterocycles. The number of nitrogens with one attached hydrogen (secondary N) is 1. The van der Waals surface area contributed by atoms with Gasteiger partial charge >= 0.3 is 5.97 Å². The van der Waals surface area contributed by atoms with Gasteiger partial charge in [-0.2, -0.15) is 0 Å². The molecule has 0 aliphatic rings. The first kappa shape index (κ1) is 15.6. The third-order valence-corrected chi connectivity index (χ3v) is 4.24. The summed E-state index contributed by atoms with van der Waals surface area (Å²) < 4.78 is 5.62. The first-order valence-corrected chi connectivity index (χ1v) is 7.83. The summed E-state index contributed by atoms with van der Waals surface area (Å²) in [6.45, 7) is -0.499. The Bertz CT molecular complexity index is 669. The fourth-order valence-electron chi connectivity index (χ4n) is 1.47. The quantitative estimate of drug-likeness (QED) is 0.615. The zero-order valence-corrected chi connectivity index (χ0v) is 13.6. The highest BCUT2D eigenvalue weighted by Crippen LogP contribution is 2.12. The fraction of sp³-hybridized carbons (Fsp3) is 0.0714. The molecule has 0 spiro atoms. The van der Waals surface area contributed by atoms with Crippen LogP contribution in [0.4, 0.5) is 0 Å². The summed E-state index contributed by atoms with van der Waals surface area (Å²) in [5.74, 6) is -1.76. The van der Waals surface area contributed by atoms with Crippen LogP contribution in [0.2, 0.25) is 0 Å². The average Bonchev–Trinajstić information content (AvgIpc) is 2.99. The number of hydrogen-bond acceptors (Lipinski definition) is 5. The van der Waals surface area contributed by atoms with Crippen LogP contribution in [-0.4, -0.2) is 24.4 Å². The van der Waals surface area contributed by atoms with Crippen molar-refractivity contribution in [3.8, 4) is 0 Å². The van der Waals surface area contributed by atoms with Crippen LogP contribution in [0.25, 0.3) is 0 Å². The molecule has 2 rings (SSSR count). The molecule has 0 radical (unpaired) electrons. The molecule has 2 aromatic rings. The smallest absolute Gasteiger partial charge is 0.339 e. The molecule has 1 N–H and O–H groups in total. The van der Waals surface area contributed by atoms with Crippen molar-refractivity contribution in [2.45, 2.75) is 0 Å². The number of amides is 2. The largest absolute Gasteiger partial charge is 0.452 e. The van der Waals surface area contributed by atoms with E-state index in [2.05, 4.69) is 5.32 Å². The third kappa shape index (κ3) is 4.36. The lowest BCUT2D eigenvalue weighted by Crippen LogP contribution is -2.33. The van der Waals surface area contributed by atoms with Crippen molar-refractivity contribution < 1.29 is 19.1 Å². The summed E-state index contributed by atoms with van der Waals surface area (Å²) in [4.78, 5) is 35.4. The maximum Gasteiger partial charge on any atom is 0.339 e. The van der Waals surface area contributed by atoms with Crippen molar-refractivity contribution in [3.05, 3.63) is 55.8 Å². The Kier molecular flexibility index (Phi) is 5.45. The lowest BCUT2D eigenvalue weighted by atomic mass is 10.2. The van der Waals surface area contributed by atoms with E-state index in [1.165, 1.54) is 11.3 Å². The van der Waals surface area contributed by atoms with E-state index in [4.69, 9.17) is 4.74 Å². The molecule has 0 saturated carbocycles. The topological polar surface area (TPSA) is 72.5 Å². The van der Waals surface area contributed by atoms with Gasteiger partial charge in [-0.25, -0.2) is 4.79 Å². The first-order valence-electron chi connectivity index (χ1n) is 5.87. The Hall–Kier alpha value is -1.74. The van der Waals surface area contributed by atoms with Gasteiger partial charge < -0.3 is 4.74 Å². The average molecular weight is 415 g/mol. The van der Waals surface area contributed by atoms with Crippen molar-refractivity contribution in [3.63, 3.8) is 0 Å². The molecule has 0 saturated heterocycles. The molecule has 7 heteroatoms. The van der Waals surface area contributed by atoms with Crippen LogP contribution in [0.3, 0.4) is 0 Å². The molecule has 0 atom stereocenters. The second kappa shape index (κ2) is 7.32. The molecule has 0 bridgehead atoms. The maximum absolute atomic E-state index is 11.8. The first-order chi connectivity index (χ1) is 10.1. The molecular weight excluding hydrogens is 405 g/mol. The molecule has 2 amide bonds. The van der Waals surface area contributed by atoms with E-state index in [1.54, 1.807) is 41.8 Å². The third-order valence-electron chi connectivity index (χ3n) is 2.43. The van der Waals surface area contributed by atoms with Gasteiger partial charge in [-0.05, 0) is 46.2 Å². The van der Waals surface area contributed by atoms with Crippen LogP contribution in [0.15, 0.2) is 41.8 Å². The maximum atomic E-state index is 11.8. The predicted octanol–water partition coefficient (Wildman–Crippen LogP) is 2.47. The van der Waals surface area contributed by atoms with Gasteiger partial charge in [0.2, 0.25) is 0 Å². The van der Waals surface area contributed by atoms with Gasteiger partial charge in [-0.1, -0.05) is 18.2 Å². The van der Waals surface area contributed by atoms with E-state index >= 15 is 0 Å². The second-order valence-corrected chi connectivity index (χ2v) is 6.02. The van der Waals surface area contributed by atoms with E-state index in [9.17, 15) is 14.4 Å². The highest BCUT2D eigenvalue weighted by atomic mass is 127. The van der Waals surface area contributed by atoms with Gasteiger partial charge in [-0.15, -0.1) is 11.3 Å². The summed E-state index contributed by atoms with van der Waals surface area (Å²) in [5, 5.41) is 3.89. The molecule has 5 nitrogen and oxygen atoms in total. The van der Waals surface area contributed by atoms with Gasteiger partial charge in [0.05, 0.1) is 10.4 Å². The van der Waals surface area contributed by atoms with E-state index in [0.717, 1.165) is 3.57 Å². The molecule has 1 aromatic heterocycles. The Labute approximate surface area is 138 Å². The number of rotatable bonds is 4. The number of ether oxygens (including phenoxy) is 1. The minimum atomic E-state index is -0.660. The van der Waals surface area contributed by atoms with Crippen molar-refractivity contribution in [1.82, 2.24) is 5.32 Å². The lowest BCUT2D eigenvalue weighted by Gasteiger charge is -2.06. The predicted molar refractivity (Wildman–Crippen MR) is 86.2 cm³/mol. The highest BCUT2D eigenvalue weighted by molar-refractivity contribution is 14.1. The highest BCUT2D eigenvalue weighted by Gasteiger charge is 2.15. The molecule has 108 valence electrons. The standard InChI is InChI=1S/C14H10INO4S/c15-10-5-2-1-4-9(10)14(19)20-8-12(17)16-13(18)11-6-3-7-21-11/h1-7H,8H2,(H,16,17,18). The molecule has 0 fully saturated rings. The van der Waals surface area contributed by atoms with Gasteiger partial charge in [-0.3, -0.25) is 14.9 Å². The molecule has 21 heavy (non-hydrogen) atoms. The minimum Gasteiger partial charge on any atom is -0.452 e. The van der Waals surface area contributed by atoms with Gasteiger partial charge in [0.25, 0.3) is 11.8 Å². The number of benzene rings is 1. The fourth-order valence-corrected chi connectivity index (χ4v) is 2.69. The van der Waals surface area contributed by atoms with Crippen LogP contribution < -0.4 is 5.32 Å². The molecule has 1 aromatic carbocycles. The summed E-state index contributed by atoms with van der Waals surface area (Å²) in [7, 11) is 0. The number of hydrogen-bond donors (Lipinski definition) is 1. The van der Waals surface area contributed by atoms with Gasteiger partial charge in [0.1, 0.15) is 0 Å². The van der Waals surface area contributed by atoms with Crippen molar-refractivity contribution in [1.29, 1.82) is 0 Å². The number of halogens is 1. The van der Waals surface area contributed by atoms with Crippen LogP contribution in [-0.2, 0) is 9.53 Å². The summed E-state index contributed by atoms with van der Waals surface area (Å²) in [6, 6.07) is 10.2. The summed E-state index contributed by atoms with van der Waals surface area (Å²) in [5.41, 5.74) is 0.385. The van der Waals surface area contributed by atoms with E-state index in [1.807, 2.05) is 22.6 Å². The van der Waals surface area contributed by atoms with Crippen molar-refractivity contribution >= 4 is 51.7 Å². The van der Waals surface area contributed by atoms with E-state index < -0.39 is 24.4 Å². The number of carbonyl (C=O) groups excluding carboxylic acids is 3. The minimum absolute atomic E-state index is 0.385. The van der Waals surface area contributed by atoms with E-state index in [-0.39, 0.29) is 0 Å². The molecular formula is C14H10INO4S. The van der Waals surface area contributed by atoms with Crippen LogP contribution in [0, 0.1) is 3.57 Å². The lowest BCUT2D eigenvalue weighted by molar-refractivity contribution is -0.123. The van der Waals surface area contributed by atoms with Crippen molar-refractivity contribution in [2.75, 3.05) is 6.61 Å². The second-order valence-electron chi connectivity index (χ2n) is 3.91. The normalized spacial score (nSPS) is 9.95. The van der Waals surface area contributed by atoms with Gasteiger partial charge in [0.15, 0.2) is 6.61 Å². The van der Waals surface area contributed by atoms with Crippen LogP contribution in [0.1, 0.15) is 20.0 Å². The SMILES string of the molecule is O=C(COC(=O)c1ccccc1I)NC(=O)c1cccs1. The Morgan fingerprint density at radius 1 is 1.14 bits per heavy atom. The van der Waals surface area contributed by atoms with Crippen LogP contribution >= 0.6 is 33.9 Å². The Morgan fingerprint density at radius 2 is 1.90 bits per heavy atom. The molecule has 0 aliphatic heterocycles. The number of carbonyl (C=O) groups is 3. The zero-order chi connectivity index (χ0) is 15.2. The zero-order valence-electron chi connectivity index (χ0n) is 10.7. The number of imide groups is 1. The Balaban J connectivity index is 1.86. The molecule has 0 unspecified atom stereocenters.